The maximum atomic E-state index is 9.80. The smallest absolute Gasteiger partial charge is 0.119 e. The summed E-state index contributed by atoms with van der Waals surface area (Å²) in [4.78, 5) is 9.80. The van der Waals surface area contributed by atoms with Crippen molar-refractivity contribution in [1.29, 1.82) is 5.26 Å². The number of carbonyl (C=O) groups is 1. The molecule has 0 radical (unpaired) electrons. The number of nitriles is 1. The van der Waals surface area contributed by atoms with E-state index >= 15 is 0 Å². The molecule has 0 fully saturated rings. The summed E-state index contributed by atoms with van der Waals surface area (Å²) in [7, 11) is 0. The largest absolute Gasteiger partial charge is 0.392 e. The van der Waals surface area contributed by atoms with Crippen LogP contribution in [0.5, 0.6) is 0 Å². The van der Waals surface area contributed by atoms with Crippen molar-refractivity contribution in [3.63, 3.8) is 0 Å². The number of carbonyl (C=O) groups excluding carboxylic acids is 1. The van der Waals surface area contributed by atoms with Crippen molar-refractivity contribution in [2.75, 3.05) is 0 Å². The highest BCUT2D eigenvalue weighted by Crippen LogP contribution is 2.01. The van der Waals surface area contributed by atoms with Crippen molar-refractivity contribution < 1.29 is 9.90 Å². The zero-order chi connectivity index (χ0) is 7.82. The molecule has 1 N–H and O–H groups in total. The van der Waals surface area contributed by atoms with Crippen LogP contribution in [-0.2, 0) is 4.79 Å². The first-order chi connectivity index (χ1) is 4.81. The minimum Gasteiger partial charge on any atom is -0.392 e. The number of unbranched alkanes of at least 4 members (excludes halogenated alkanes) is 1. The average Bonchev–Trinajstić information content (AvgIpc) is 1.89. The standard InChI is InChI=1S/C7H11NO2/c8-5-4-7(10)3-1-2-6-9/h6-7,10H,1-4H2. The summed E-state index contributed by atoms with van der Waals surface area (Å²) in [6.07, 6.45) is 2.13. The first-order valence-electron chi connectivity index (χ1n) is 3.30. The summed E-state index contributed by atoms with van der Waals surface area (Å²) in [5.74, 6) is 0. The van der Waals surface area contributed by atoms with E-state index in [1.807, 2.05) is 6.07 Å². The van der Waals surface area contributed by atoms with Crippen LogP contribution < -0.4 is 0 Å². The van der Waals surface area contributed by atoms with Crippen LogP contribution in [0.4, 0.5) is 0 Å². The molecule has 0 bridgehead atoms. The molecule has 0 aliphatic rings. The molecule has 10 heavy (non-hydrogen) atoms. The van der Waals surface area contributed by atoms with Gasteiger partial charge in [0, 0.05) is 6.42 Å². The van der Waals surface area contributed by atoms with E-state index in [1.165, 1.54) is 0 Å². The summed E-state index contributed by atoms with van der Waals surface area (Å²) >= 11 is 0. The molecule has 1 unspecified atom stereocenters. The molecule has 0 rings (SSSR count). The number of hydrogen-bond acceptors (Lipinski definition) is 3. The molecule has 0 aliphatic heterocycles. The van der Waals surface area contributed by atoms with Crippen molar-refractivity contribution in [2.24, 2.45) is 0 Å². The maximum absolute atomic E-state index is 9.80. The molecule has 0 saturated heterocycles. The highest BCUT2D eigenvalue weighted by atomic mass is 16.3. The van der Waals surface area contributed by atoms with Gasteiger partial charge in [-0.25, -0.2) is 0 Å². The van der Waals surface area contributed by atoms with E-state index in [1.54, 1.807) is 0 Å². The highest BCUT2D eigenvalue weighted by Gasteiger charge is 2.00. The number of aldehydes is 1. The fraction of sp³-hybridized carbons (Fsp3) is 0.714. The summed E-state index contributed by atoms with van der Waals surface area (Å²) < 4.78 is 0. The Morgan fingerprint density at radius 2 is 2.40 bits per heavy atom. The van der Waals surface area contributed by atoms with Gasteiger partial charge in [0.05, 0.1) is 18.6 Å². The zero-order valence-electron chi connectivity index (χ0n) is 5.79. The van der Waals surface area contributed by atoms with Crippen LogP contribution in [0.2, 0.25) is 0 Å². The van der Waals surface area contributed by atoms with E-state index in [0.29, 0.717) is 19.3 Å². The quantitative estimate of drug-likeness (QED) is 0.451. The third kappa shape index (κ3) is 5.26. The molecule has 3 nitrogen and oxygen atoms in total. The predicted octanol–water partition coefficient (Wildman–Crippen LogP) is 0.630. The van der Waals surface area contributed by atoms with E-state index in [0.717, 1.165) is 6.29 Å². The zero-order valence-corrected chi connectivity index (χ0v) is 5.79. The third-order valence-corrected chi connectivity index (χ3v) is 1.19. The summed E-state index contributed by atoms with van der Waals surface area (Å²) in [5, 5.41) is 17.1. The Hall–Kier alpha value is -0.880. The first-order valence-corrected chi connectivity index (χ1v) is 3.30. The molecule has 0 amide bonds. The number of hydrogen-bond donors (Lipinski definition) is 1. The second-order valence-electron chi connectivity index (χ2n) is 2.11. The van der Waals surface area contributed by atoms with Crippen molar-refractivity contribution in [3.8, 4) is 6.07 Å². The van der Waals surface area contributed by atoms with E-state index in [2.05, 4.69) is 0 Å². The summed E-state index contributed by atoms with van der Waals surface area (Å²) in [6, 6.07) is 1.86. The summed E-state index contributed by atoms with van der Waals surface area (Å²) in [5.41, 5.74) is 0. The molecule has 1 atom stereocenters. The number of rotatable bonds is 5. The molecule has 0 heterocycles. The van der Waals surface area contributed by atoms with Gasteiger partial charge in [-0.1, -0.05) is 0 Å². The second-order valence-corrected chi connectivity index (χ2v) is 2.11. The third-order valence-electron chi connectivity index (χ3n) is 1.19. The van der Waals surface area contributed by atoms with E-state index in [4.69, 9.17) is 10.4 Å². The van der Waals surface area contributed by atoms with Crippen molar-refractivity contribution in [2.45, 2.75) is 31.8 Å². The fourth-order valence-corrected chi connectivity index (χ4v) is 0.644. The molecular weight excluding hydrogens is 130 g/mol. The Labute approximate surface area is 60.3 Å². The molecule has 0 aromatic rings. The Morgan fingerprint density at radius 1 is 1.70 bits per heavy atom. The molecule has 3 heteroatoms. The minimum absolute atomic E-state index is 0.166. The normalized spacial score (nSPS) is 12.0. The Bertz CT molecular complexity index is 128. The lowest BCUT2D eigenvalue weighted by Gasteiger charge is -2.01. The van der Waals surface area contributed by atoms with Gasteiger partial charge in [-0.15, -0.1) is 0 Å². The Balaban J connectivity index is 3.14. The van der Waals surface area contributed by atoms with Crippen LogP contribution in [0, 0.1) is 11.3 Å². The van der Waals surface area contributed by atoms with Gasteiger partial charge in [0.15, 0.2) is 0 Å². The van der Waals surface area contributed by atoms with E-state index in [9.17, 15) is 4.79 Å². The Kier molecular flexibility index (Phi) is 5.69. The number of nitrogens with zero attached hydrogens (tertiary/aromatic N) is 1. The van der Waals surface area contributed by atoms with E-state index in [-0.39, 0.29) is 6.42 Å². The van der Waals surface area contributed by atoms with Gasteiger partial charge in [-0.3, -0.25) is 0 Å². The Morgan fingerprint density at radius 3 is 2.90 bits per heavy atom. The lowest BCUT2D eigenvalue weighted by molar-refractivity contribution is -0.108. The molecular formula is C7H11NO2. The van der Waals surface area contributed by atoms with Crippen molar-refractivity contribution in [1.82, 2.24) is 0 Å². The fourth-order valence-electron chi connectivity index (χ4n) is 0.644. The molecule has 0 spiro atoms. The van der Waals surface area contributed by atoms with Gasteiger partial charge in [0.25, 0.3) is 0 Å². The molecule has 0 aromatic carbocycles. The van der Waals surface area contributed by atoms with Gasteiger partial charge in [0.2, 0.25) is 0 Å². The summed E-state index contributed by atoms with van der Waals surface area (Å²) in [6.45, 7) is 0. The van der Waals surface area contributed by atoms with Gasteiger partial charge in [0.1, 0.15) is 6.29 Å². The lowest BCUT2D eigenvalue weighted by Crippen LogP contribution is -2.04. The minimum atomic E-state index is -0.551. The predicted molar refractivity (Wildman–Crippen MR) is 36.2 cm³/mol. The topological polar surface area (TPSA) is 61.1 Å². The molecule has 0 saturated carbocycles. The van der Waals surface area contributed by atoms with Crippen LogP contribution >= 0.6 is 0 Å². The van der Waals surface area contributed by atoms with E-state index < -0.39 is 6.10 Å². The van der Waals surface area contributed by atoms with Crippen LogP contribution in [-0.4, -0.2) is 17.5 Å². The van der Waals surface area contributed by atoms with Crippen LogP contribution in [0.3, 0.4) is 0 Å². The van der Waals surface area contributed by atoms with Crippen LogP contribution in [0.15, 0.2) is 0 Å². The van der Waals surface area contributed by atoms with Crippen LogP contribution in [0.1, 0.15) is 25.7 Å². The van der Waals surface area contributed by atoms with Crippen molar-refractivity contribution >= 4 is 6.29 Å². The molecule has 0 aliphatic carbocycles. The number of aliphatic hydroxyl groups is 1. The monoisotopic (exact) mass is 141 g/mol. The van der Waals surface area contributed by atoms with Gasteiger partial charge >= 0.3 is 0 Å². The first kappa shape index (κ1) is 9.12. The van der Waals surface area contributed by atoms with Gasteiger partial charge in [-0.2, -0.15) is 5.26 Å². The van der Waals surface area contributed by atoms with Gasteiger partial charge in [-0.05, 0) is 12.8 Å². The highest BCUT2D eigenvalue weighted by molar-refractivity contribution is 5.48. The van der Waals surface area contributed by atoms with Crippen molar-refractivity contribution in [3.05, 3.63) is 0 Å². The van der Waals surface area contributed by atoms with Gasteiger partial charge < -0.3 is 9.90 Å². The maximum Gasteiger partial charge on any atom is 0.119 e. The van der Waals surface area contributed by atoms with Crippen LogP contribution in [0.25, 0.3) is 0 Å². The lowest BCUT2D eigenvalue weighted by atomic mass is 10.1. The average molecular weight is 141 g/mol. The second kappa shape index (κ2) is 6.24. The molecule has 0 aromatic heterocycles. The SMILES string of the molecule is N#CCC(O)CCCC=O. The number of aliphatic hydroxyl groups excluding tert-OH is 1. The molecule has 56 valence electrons.